The smallest absolute Gasteiger partial charge is 0.248 e. The van der Waals surface area contributed by atoms with Crippen LogP contribution in [0.2, 0.25) is 0 Å². The van der Waals surface area contributed by atoms with Gasteiger partial charge >= 0.3 is 0 Å². The molecule has 1 atom stereocenters. The summed E-state index contributed by atoms with van der Waals surface area (Å²) >= 11 is 0. The molecule has 0 aliphatic carbocycles. The third-order valence-corrected chi connectivity index (χ3v) is 6.01. The zero-order chi connectivity index (χ0) is 28.5. The lowest BCUT2D eigenvalue weighted by molar-refractivity contribution is -0.138. The Bertz CT molecular complexity index is 1500. The molecular formula is C31H27F2N3O4. The van der Waals surface area contributed by atoms with Crippen LogP contribution in [0.25, 0.3) is 0 Å². The normalized spacial score (nSPS) is 11.7. The summed E-state index contributed by atoms with van der Waals surface area (Å²) in [7, 11) is 0. The summed E-state index contributed by atoms with van der Waals surface area (Å²) in [5.74, 6) is -2.53. The van der Waals surface area contributed by atoms with Crippen LogP contribution in [0.4, 0.5) is 14.5 Å². The van der Waals surface area contributed by atoms with Crippen molar-refractivity contribution in [3.05, 3.63) is 137 Å². The Labute approximate surface area is 230 Å². The molecule has 3 aromatic carbocycles. The van der Waals surface area contributed by atoms with Crippen LogP contribution in [-0.4, -0.2) is 22.6 Å². The van der Waals surface area contributed by atoms with Gasteiger partial charge < -0.3 is 20.0 Å². The highest BCUT2D eigenvalue weighted by Crippen LogP contribution is 2.26. The number of furan rings is 1. The van der Waals surface area contributed by atoms with E-state index < -0.39 is 35.4 Å². The second-order valence-corrected chi connectivity index (χ2v) is 9.00. The Hall–Kier alpha value is -5.05. The van der Waals surface area contributed by atoms with Crippen molar-refractivity contribution in [2.45, 2.75) is 26.1 Å². The molecule has 0 aliphatic heterocycles. The van der Waals surface area contributed by atoms with E-state index in [2.05, 4.69) is 10.6 Å². The fourth-order valence-corrected chi connectivity index (χ4v) is 4.06. The Morgan fingerprint density at radius 2 is 1.70 bits per heavy atom. The van der Waals surface area contributed by atoms with Gasteiger partial charge in [0.2, 0.25) is 17.7 Å². The first kappa shape index (κ1) is 28.0. The van der Waals surface area contributed by atoms with E-state index in [1.54, 1.807) is 36.4 Å². The predicted molar refractivity (Wildman–Crippen MR) is 146 cm³/mol. The van der Waals surface area contributed by atoms with Crippen molar-refractivity contribution in [2.24, 2.45) is 0 Å². The van der Waals surface area contributed by atoms with Crippen LogP contribution in [0, 0.1) is 18.6 Å². The van der Waals surface area contributed by atoms with Gasteiger partial charge in [-0.15, -0.1) is 0 Å². The maximum Gasteiger partial charge on any atom is 0.248 e. The Balaban J connectivity index is 1.65. The minimum atomic E-state index is -1.29. The van der Waals surface area contributed by atoms with Crippen molar-refractivity contribution in [3.63, 3.8) is 0 Å². The van der Waals surface area contributed by atoms with Crippen molar-refractivity contribution in [1.29, 1.82) is 0 Å². The van der Waals surface area contributed by atoms with Gasteiger partial charge in [-0.25, -0.2) is 8.78 Å². The number of nitrogens with one attached hydrogen (secondary N) is 2. The van der Waals surface area contributed by atoms with E-state index in [0.29, 0.717) is 17.0 Å². The van der Waals surface area contributed by atoms with Crippen LogP contribution in [0.1, 0.15) is 28.5 Å². The second-order valence-electron chi connectivity index (χ2n) is 9.00. The molecule has 204 valence electrons. The molecule has 0 bridgehead atoms. The van der Waals surface area contributed by atoms with Crippen LogP contribution in [-0.2, 0) is 27.5 Å². The number of anilines is 1. The number of carbonyl (C=O) groups is 3. The highest BCUT2D eigenvalue weighted by atomic mass is 19.1. The number of aryl methyl sites for hydroxylation is 1. The lowest BCUT2D eigenvalue weighted by Crippen LogP contribution is -2.43. The van der Waals surface area contributed by atoms with Gasteiger partial charge in [-0.3, -0.25) is 14.4 Å². The highest BCUT2D eigenvalue weighted by molar-refractivity contribution is 6.04. The Morgan fingerprint density at radius 1 is 0.925 bits per heavy atom. The third kappa shape index (κ3) is 7.50. The first-order chi connectivity index (χ1) is 19.3. The molecule has 4 rings (SSSR count). The van der Waals surface area contributed by atoms with Crippen LogP contribution >= 0.6 is 0 Å². The van der Waals surface area contributed by atoms with Gasteiger partial charge in [0.1, 0.15) is 23.4 Å². The van der Waals surface area contributed by atoms with E-state index in [1.165, 1.54) is 48.7 Å². The summed E-state index contributed by atoms with van der Waals surface area (Å²) in [6, 6.07) is 20.1. The zero-order valence-electron chi connectivity index (χ0n) is 21.6. The average molecular weight is 544 g/mol. The standard InChI is InChI=1S/C31H27F2N3O4/c1-21-6-4-8-25(18-21)35-28(37)15-16-29(38)36(20-23-7-2-3-10-27(23)33)30(22-11-13-24(32)14-12-22)31(39)34-19-26-9-5-17-40-26/h2-18,30H,19-20H2,1H3,(H,34,39)(H,35,37)/b16-15-/t30-/m0/s1. The summed E-state index contributed by atoms with van der Waals surface area (Å²) < 4.78 is 33.7. The molecule has 0 aliphatic rings. The molecule has 0 saturated heterocycles. The number of amides is 3. The molecule has 3 amide bonds. The topological polar surface area (TPSA) is 91.7 Å². The Kier molecular flexibility index (Phi) is 9.19. The largest absolute Gasteiger partial charge is 0.467 e. The molecule has 0 saturated carbocycles. The minimum absolute atomic E-state index is 0.0278. The van der Waals surface area contributed by atoms with Crippen LogP contribution in [0.5, 0.6) is 0 Å². The number of benzene rings is 3. The van der Waals surface area contributed by atoms with Crippen LogP contribution in [0.3, 0.4) is 0 Å². The molecule has 2 N–H and O–H groups in total. The summed E-state index contributed by atoms with van der Waals surface area (Å²) in [4.78, 5) is 40.7. The maximum absolute atomic E-state index is 14.7. The van der Waals surface area contributed by atoms with Gasteiger partial charge in [0.05, 0.1) is 19.4 Å². The van der Waals surface area contributed by atoms with Crippen molar-refractivity contribution < 1.29 is 27.6 Å². The summed E-state index contributed by atoms with van der Waals surface area (Å²) in [5, 5.41) is 5.39. The number of carbonyl (C=O) groups excluding carboxylic acids is 3. The molecule has 4 aromatic rings. The molecule has 0 radical (unpaired) electrons. The van der Waals surface area contributed by atoms with Gasteiger partial charge in [-0.05, 0) is 60.5 Å². The Morgan fingerprint density at radius 3 is 2.40 bits per heavy atom. The van der Waals surface area contributed by atoms with E-state index in [0.717, 1.165) is 22.6 Å². The van der Waals surface area contributed by atoms with Crippen molar-refractivity contribution in [1.82, 2.24) is 10.2 Å². The van der Waals surface area contributed by atoms with E-state index in [4.69, 9.17) is 4.42 Å². The lowest BCUT2D eigenvalue weighted by atomic mass is 10.0. The minimum Gasteiger partial charge on any atom is -0.467 e. The van der Waals surface area contributed by atoms with Crippen molar-refractivity contribution in [2.75, 3.05) is 5.32 Å². The lowest BCUT2D eigenvalue weighted by Gasteiger charge is -2.31. The zero-order valence-corrected chi connectivity index (χ0v) is 21.6. The summed E-state index contributed by atoms with van der Waals surface area (Å²) in [6.45, 7) is 1.60. The number of nitrogens with zero attached hydrogens (tertiary/aromatic N) is 1. The number of halogens is 2. The summed E-state index contributed by atoms with van der Waals surface area (Å²) in [6.07, 6.45) is 3.52. The maximum atomic E-state index is 14.7. The predicted octanol–water partition coefficient (Wildman–Crippen LogP) is 5.45. The first-order valence-corrected chi connectivity index (χ1v) is 12.5. The quantitative estimate of drug-likeness (QED) is 0.260. The average Bonchev–Trinajstić information content (AvgIpc) is 3.46. The number of rotatable bonds is 10. The molecular weight excluding hydrogens is 516 g/mol. The SMILES string of the molecule is Cc1cccc(NC(=O)/C=C\C(=O)N(Cc2ccccc2F)[C@H](C(=O)NCc2ccco2)c2ccc(F)cc2)c1. The monoisotopic (exact) mass is 543 g/mol. The van der Waals surface area contributed by atoms with Gasteiger partial charge in [0.25, 0.3) is 0 Å². The fraction of sp³-hybridized carbons (Fsp3) is 0.129. The molecule has 40 heavy (non-hydrogen) atoms. The third-order valence-electron chi connectivity index (χ3n) is 6.01. The van der Waals surface area contributed by atoms with Gasteiger partial charge in [0.15, 0.2) is 0 Å². The van der Waals surface area contributed by atoms with Crippen molar-refractivity contribution >= 4 is 23.4 Å². The van der Waals surface area contributed by atoms with Crippen LogP contribution < -0.4 is 10.6 Å². The molecule has 9 heteroatoms. The molecule has 1 heterocycles. The number of hydrogen-bond acceptors (Lipinski definition) is 4. The molecule has 7 nitrogen and oxygen atoms in total. The molecule has 0 spiro atoms. The van der Waals surface area contributed by atoms with Gasteiger partial charge in [-0.2, -0.15) is 0 Å². The van der Waals surface area contributed by atoms with Gasteiger partial charge in [0, 0.05) is 23.4 Å². The molecule has 1 aromatic heterocycles. The van der Waals surface area contributed by atoms with E-state index in [-0.39, 0.29) is 18.7 Å². The highest BCUT2D eigenvalue weighted by Gasteiger charge is 2.31. The van der Waals surface area contributed by atoms with Crippen LogP contribution in [0.15, 0.2) is 108 Å². The molecule has 0 unspecified atom stereocenters. The van der Waals surface area contributed by atoms with E-state index in [1.807, 2.05) is 13.0 Å². The summed E-state index contributed by atoms with van der Waals surface area (Å²) in [5.41, 5.74) is 1.93. The van der Waals surface area contributed by atoms with E-state index in [9.17, 15) is 23.2 Å². The van der Waals surface area contributed by atoms with E-state index >= 15 is 0 Å². The van der Waals surface area contributed by atoms with Gasteiger partial charge in [-0.1, -0.05) is 42.5 Å². The second kappa shape index (κ2) is 13.1. The van der Waals surface area contributed by atoms with Crippen molar-refractivity contribution in [3.8, 4) is 0 Å². The number of hydrogen-bond donors (Lipinski definition) is 2. The fourth-order valence-electron chi connectivity index (χ4n) is 4.06. The first-order valence-electron chi connectivity index (χ1n) is 12.5. The molecule has 0 fully saturated rings.